The Hall–Kier alpha value is -1.09. The van der Waals surface area contributed by atoms with Gasteiger partial charge in [0.2, 0.25) is 0 Å². The van der Waals surface area contributed by atoms with E-state index in [9.17, 15) is 21.6 Å². The molecule has 8 nitrogen and oxygen atoms in total. The van der Waals surface area contributed by atoms with Crippen LogP contribution in [0, 0.1) is 6.92 Å². The largest absolute Gasteiger partial charge is 0.511 e. The first kappa shape index (κ1) is 25.9. The monoisotopic (exact) mass is 552 g/mol. The molecule has 1 aromatic heterocycles. The fourth-order valence-corrected chi connectivity index (χ4v) is 3.90. The van der Waals surface area contributed by atoms with Crippen molar-refractivity contribution in [3.63, 3.8) is 0 Å². The molecule has 1 aliphatic rings. The maximum Gasteiger partial charge on any atom is 0.511 e. The molecule has 1 saturated heterocycles. The number of sulfonamides is 1. The molecule has 13 heteroatoms. The van der Waals surface area contributed by atoms with Crippen LogP contribution in [-0.4, -0.2) is 66.2 Å². The third-order valence-electron chi connectivity index (χ3n) is 4.35. The Balaban J connectivity index is 0.00000420. The van der Waals surface area contributed by atoms with Crippen molar-refractivity contribution < 1.29 is 21.6 Å². The van der Waals surface area contributed by atoms with Gasteiger partial charge in [0.05, 0.1) is 6.20 Å². The van der Waals surface area contributed by atoms with Crippen LogP contribution in [0.25, 0.3) is 0 Å². The second-order valence-corrected chi connectivity index (χ2v) is 8.59. The van der Waals surface area contributed by atoms with Gasteiger partial charge in [-0.1, -0.05) is 0 Å². The molecule has 0 aliphatic carbocycles. The van der Waals surface area contributed by atoms with E-state index in [1.807, 2.05) is 24.7 Å². The van der Waals surface area contributed by atoms with Crippen LogP contribution < -0.4 is 10.6 Å². The maximum atomic E-state index is 12.6. The van der Waals surface area contributed by atoms with E-state index in [2.05, 4.69) is 20.7 Å². The zero-order chi connectivity index (χ0) is 20.8. The van der Waals surface area contributed by atoms with Crippen LogP contribution in [0.5, 0.6) is 0 Å². The lowest BCUT2D eigenvalue weighted by atomic mass is 10.1. The number of piperidine rings is 1. The quantitative estimate of drug-likeness (QED) is 0.234. The highest BCUT2D eigenvalue weighted by atomic mass is 127. The molecule has 0 unspecified atom stereocenters. The standard InChI is InChI=1S/C16H27F3N6O2S.HI/c1-3-20-15(21-7-4-8-24-12-13(2)11-22-24)23-14-5-9-25(10-6-14)28(26,27)16(17,18)19;/h11-12,14H,3-10H2,1-2H3,(H2,20,21,23);1H. The van der Waals surface area contributed by atoms with Crippen molar-refractivity contribution in [1.82, 2.24) is 24.7 Å². The SMILES string of the molecule is CCNC(=NCCCn1cc(C)cn1)NC1CCN(S(=O)(=O)C(F)(F)F)CC1.I. The summed E-state index contributed by atoms with van der Waals surface area (Å²) in [7, 11) is -5.25. The molecule has 168 valence electrons. The van der Waals surface area contributed by atoms with Gasteiger partial charge in [0, 0.05) is 45.0 Å². The van der Waals surface area contributed by atoms with E-state index in [4.69, 9.17) is 0 Å². The molecule has 2 N–H and O–H groups in total. The Kier molecular flexibility index (Phi) is 10.1. The van der Waals surface area contributed by atoms with Gasteiger partial charge in [-0.3, -0.25) is 9.67 Å². The summed E-state index contributed by atoms with van der Waals surface area (Å²) in [6, 6.07) is -0.133. The highest BCUT2D eigenvalue weighted by molar-refractivity contribution is 14.0. The van der Waals surface area contributed by atoms with Crippen molar-refractivity contribution >= 4 is 40.0 Å². The molecular weight excluding hydrogens is 524 g/mol. The zero-order valence-electron chi connectivity index (χ0n) is 16.4. The Morgan fingerprint density at radius 2 is 2.00 bits per heavy atom. The number of alkyl halides is 3. The number of aromatic nitrogens is 2. The van der Waals surface area contributed by atoms with Crippen LogP contribution in [0.2, 0.25) is 0 Å². The first-order valence-electron chi connectivity index (χ1n) is 9.24. The summed E-state index contributed by atoms with van der Waals surface area (Å²) >= 11 is 0. The Morgan fingerprint density at radius 1 is 1.34 bits per heavy atom. The summed E-state index contributed by atoms with van der Waals surface area (Å²) in [6.45, 7) is 5.50. The van der Waals surface area contributed by atoms with Crippen LogP contribution >= 0.6 is 24.0 Å². The number of guanidine groups is 1. The Bertz CT molecular complexity index is 761. The molecule has 0 amide bonds. The van der Waals surface area contributed by atoms with Crippen molar-refractivity contribution in [2.24, 2.45) is 4.99 Å². The Labute approximate surface area is 186 Å². The second kappa shape index (κ2) is 11.3. The van der Waals surface area contributed by atoms with Crippen LogP contribution in [0.15, 0.2) is 17.4 Å². The first-order valence-corrected chi connectivity index (χ1v) is 10.7. The van der Waals surface area contributed by atoms with Crippen LogP contribution in [0.3, 0.4) is 0 Å². The molecule has 2 rings (SSSR count). The van der Waals surface area contributed by atoms with E-state index in [1.54, 1.807) is 6.20 Å². The summed E-state index contributed by atoms with van der Waals surface area (Å²) in [5.74, 6) is 0.580. The number of aliphatic imine (C=N–C) groups is 1. The van der Waals surface area contributed by atoms with Crippen molar-refractivity contribution in [3.8, 4) is 0 Å². The van der Waals surface area contributed by atoms with Crippen molar-refractivity contribution in [3.05, 3.63) is 18.0 Å². The Morgan fingerprint density at radius 3 is 2.52 bits per heavy atom. The van der Waals surface area contributed by atoms with Gasteiger partial charge in [-0.2, -0.15) is 22.6 Å². The number of aryl methyl sites for hydroxylation is 2. The molecule has 0 radical (unpaired) electrons. The molecule has 1 aliphatic heterocycles. The van der Waals surface area contributed by atoms with Crippen molar-refractivity contribution in [1.29, 1.82) is 0 Å². The fraction of sp³-hybridized carbons (Fsp3) is 0.750. The van der Waals surface area contributed by atoms with E-state index in [1.165, 1.54) is 0 Å². The van der Waals surface area contributed by atoms with E-state index in [0.717, 1.165) is 18.5 Å². The smallest absolute Gasteiger partial charge is 0.357 e. The number of nitrogens with zero attached hydrogens (tertiary/aromatic N) is 4. The van der Waals surface area contributed by atoms with E-state index in [0.29, 0.717) is 23.4 Å². The van der Waals surface area contributed by atoms with Gasteiger partial charge in [0.1, 0.15) is 0 Å². The number of hydrogen-bond donors (Lipinski definition) is 2. The predicted octanol–water partition coefficient (Wildman–Crippen LogP) is 2.07. The van der Waals surface area contributed by atoms with Crippen LogP contribution in [0.4, 0.5) is 13.2 Å². The molecule has 0 atom stereocenters. The molecule has 1 fully saturated rings. The number of rotatable bonds is 7. The average molecular weight is 552 g/mol. The van der Waals surface area contributed by atoms with Crippen LogP contribution in [-0.2, 0) is 16.6 Å². The highest BCUT2D eigenvalue weighted by Crippen LogP contribution is 2.28. The molecular formula is C16H28F3IN6O2S. The lowest BCUT2D eigenvalue weighted by Crippen LogP contribution is -2.51. The van der Waals surface area contributed by atoms with Crippen LogP contribution in [0.1, 0.15) is 31.7 Å². The van der Waals surface area contributed by atoms with Gasteiger partial charge in [-0.05, 0) is 38.7 Å². The van der Waals surface area contributed by atoms with Gasteiger partial charge in [-0.15, -0.1) is 24.0 Å². The summed E-state index contributed by atoms with van der Waals surface area (Å²) in [5, 5.41) is 10.5. The van der Waals surface area contributed by atoms with Gasteiger partial charge in [-0.25, -0.2) is 8.42 Å². The lowest BCUT2D eigenvalue weighted by Gasteiger charge is -2.32. The molecule has 0 bridgehead atoms. The predicted molar refractivity (Wildman–Crippen MR) is 116 cm³/mol. The maximum absolute atomic E-state index is 12.6. The zero-order valence-corrected chi connectivity index (χ0v) is 19.6. The molecule has 0 saturated carbocycles. The van der Waals surface area contributed by atoms with Gasteiger partial charge in [0.15, 0.2) is 5.96 Å². The normalized spacial score (nSPS) is 17.1. The highest BCUT2D eigenvalue weighted by Gasteiger charge is 2.50. The molecule has 29 heavy (non-hydrogen) atoms. The van der Waals surface area contributed by atoms with E-state index < -0.39 is 15.5 Å². The minimum atomic E-state index is -5.25. The van der Waals surface area contributed by atoms with Crippen molar-refractivity contribution in [2.45, 2.75) is 51.2 Å². The molecule has 2 heterocycles. The average Bonchev–Trinajstić information content (AvgIpc) is 3.03. The second-order valence-electron chi connectivity index (χ2n) is 6.66. The molecule has 0 aromatic carbocycles. The van der Waals surface area contributed by atoms with Gasteiger partial charge >= 0.3 is 15.5 Å². The third kappa shape index (κ3) is 7.59. The molecule has 0 spiro atoms. The minimum absolute atomic E-state index is 0. The third-order valence-corrected chi connectivity index (χ3v) is 5.98. The van der Waals surface area contributed by atoms with Gasteiger partial charge in [0.25, 0.3) is 0 Å². The lowest BCUT2D eigenvalue weighted by molar-refractivity contribution is -0.0494. The van der Waals surface area contributed by atoms with Crippen molar-refractivity contribution in [2.75, 3.05) is 26.2 Å². The summed E-state index contributed by atoms with van der Waals surface area (Å²) in [5.41, 5.74) is -4.16. The summed E-state index contributed by atoms with van der Waals surface area (Å²) in [4.78, 5) is 4.48. The van der Waals surface area contributed by atoms with E-state index >= 15 is 0 Å². The summed E-state index contributed by atoms with van der Waals surface area (Å²) in [6.07, 6.45) is 5.11. The van der Waals surface area contributed by atoms with Gasteiger partial charge < -0.3 is 10.6 Å². The topological polar surface area (TPSA) is 91.6 Å². The first-order chi connectivity index (χ1) is 13.1. The summed E-state index contributed by atoms with van der Waals surface area (Å²) < 4.78 is 63.2. The van der Waals surface area contributed by atoms with E-state index in [-0.39, 0.29) is 55.9 Å². The number of hydrogen-bond acceptors (Lipinski definition) is 4. The minimum Gasteiger partial charge on any atom is -0.357 e. The fourth-order valence-electron chi connectivity index (χ4n) is 2.91. The molecule has 1 aromatic rings. The number of halogens is 4. The number of nitrogens with one attached hydrogen (secondary N) is 2.